The van der Waals surface area contributed by atoms with Crippen LogP contribution in [0.5, 0.6) is 5.75 Å². The first kappa shape index (κ1) is 25.0. The van der Waals surface area contributed by atoms with E-state index in [0.29, 0.717) is 17.4 Å². The molecule has 3 aromatic heterocycles. The molecule has 0 bridgehead atoms. The number of ether oxygens (including phenoxy) is 1. The van der Waals surface area contributed by atoms with Crippen LogP contribution in [0.3, 0.4) is 0 Å². The topological polar surface area (TPSA) is 114 Å². The van der Waals surface area contributed by atoms with Gasteiger partial charge >= 0.3 is 0 Å². The van der Waals surface area contributed by atoms with E-state index in [4.69, 9.17) is 9.72 Å². The lowest BCUT2D eigenvalue weighted by molar-refractivity contribution is 0.113. The van der Waals surface area contributed by atoms with Crippen LogP contribution in [-0.4, -0.2) is 65.3 Å². The van der Waals surface area contributed by atoms with Gasteiger partial charge < -0.3 is 15.0 Å². The highest BCUT2D eigenvalue weighted by atomic mass is 32.2. The number of piperidine rings is 1. The largest absolute Gasteiger partial charge is 0.490 e. The SMILES string of the molecule is Cc1cc(Nc2ncc3cc(C)n(-c4cccc(NS(C)(=O)=O)n4)c3n2)ccc1OC1CCN(C)CC1. The minimum absolute atomic E-state index is 0.242. The lowest BCUT2D eigenvalue weighted by Gasteiger charge is -2.29. The van der Waals surface area contributed by atoms with Gasteiger partial charge in [-0.2, -0.15) is 4.98 Å². The summed E-state index contributed by atoms with van der Waals surface area (Å²) in [5.74, 6) is 2.14. The molecule has 4 aromatic rings. The fraction of sp³-hybridized carbons (Fsp3) is 0.346. The molecule has 0 aliphatic carbocycles. The molecule has 2 N–H and O–H groups in total. The quantitative estimate of drug-likeness (QED) is 0.375. The van der Waals surface area contributed by atoms with Gasteiger partial charge in [0.15, 0.2) is 5.65 Å². The van der Waals surface area contributed by atoms with E-state index in [1.165, 1.54) is 0 Å². The third-order valence-electron chi connectivity index (χ3n) is 6.37. The number of nitrogens with zero attached hydrogens (tertiary/aromatic N) is 5. The predicted octanol–water partition coefficient (Wildman–Crippen LogP) is 4.02. The normalized spacial score (nSPS) is 15.1. The Morgan fingerprint density at radius 1 is 1.05 bits per heavy atom. The van der Waals surface area contributed by atoms with E-state index in [1.807, 2.05) is 48.7 Å². The van der Waals surface area contributed by atoms with Crippen LogP contribution in [-0.2, 0) is 10.0 Å². The molecule has 0 unspecified atom stereocenters. The Hall–Kier alpha value is -3.70. The number of pyridine rings is 1. The molecule has 1 aliphatic heterocycles. The number of sulfonamides is 1. The van der Waals surface area contributed by atoms with Gasteiger partial charge in [-0.15, -0.1) is 0 Å². The van der Waals surface area contributed by atoms with Crippen molar-refractivity contribution in [2.24, 2.45) is 0 Å². The number of hydrogen-bond donors (Lipinski definition) is 2. The van der Waals surface area contributed by atoms with Gasteiger partial charge in [0.05, 0.1) is 6.26 Å². The number of likely N-dealkylation sites (tertiary alicyclic amines) is 1. The first-order valence-electron chi connectivity index (χ1n) is 12.2. The van der Waals surface area contributed by atoms with E-state index in [1.54, 1.807) is 18.3 Å². The van der Waals surface area contributed by atoms with Gasteiger partial charge in [-0.1, -0.05) is 6.07 Å². The molecule has 0 spiro atoms. The maximum atomic E-state index is 11.7. The fourth-order valence-corrected chi connectivity index (χ4v) is 5.03. The van der Waals surface area contributed by atoms with Gasteiger partial charge in [0.1, 0.15) is 23.5 Å². The number of fused-ring (bicyclic) bond motifs is 1. The van der Waals surface area contributed by atoms with Crippen molar-refractivity contribution in [1.82, 2.24) is 24.4 Å². The van der Waals surface area contributed by atoms with Crippen molar-refractivity contribution in [3.8, 4) is 11.6 Å². The zero-order valence-electron chi connectivity index (χ0n) is 21.4. The lowest BCUT2D eigenvalue weighted by Crippen LogP contribution is -2.35. The summed E-state index contributed by atoms with van der Waals surface area (Å²) in [6.45, 7) is 6.09. The number of rotatable bonds is 7. The molecule has 0 amide bonds. The molecule has 0 saturated carbocycles. The van der Waals surface area contributed by atoms with Crippen molar-refractivity contribution >= 4 is 38.5 Å². The van der Waals surface area contributed by atoms with Gasteiger partial charge in [-0.25, -0.2) is 18.4 Å². The van der Waals surface area contributed by atoms with Crippen molar-refractivity contribution in [1.29, 1.82) is 0 Å². The van der Waals surface area contributed by atoms with Gasteiger partial charge in [-0.05, 0) is 75.7 Å². The average Bonchev–Trinajstić information content (AvgIpc) is 3.16. The summed E-state index contributed by atoms with van der Waals surface area (Å²) < 4.78 is 33.9. The first-order valence-corrected chi connectivity index (χ1v) is 14.1. The number of aromatic nitrogens is 4. The summed E-state index contributed by atoms with van der Waals surface area (Å²) in [6.07, 6.45) is 5.17. The zero-order chi connectivity index (χ0) is 26.2. The van der Waals surface area contributed by atoms with E-state index in [0.717, 1.165) is 60.3 Å². The molecule has 1 aliphatic rings. The van der Waals surface area contributed by atoms with Crippen LogP contribution in [0.4, 0.5) is 17.5 Å². The van der Waals surface area contributed by atoms with Crippen molar-refractivity contribution < 1.29 is 13.2 Å². The third-order valence-corrected chi connectivity index (χ3v) is 6.95. The number of nitrogens with one attached hydrogen (secondary N) is 2. The third kappa shape index (κ3) is 5.83. The summed E-state index contributed by atoms with van der Waals surface area (Å²) in [4.78, 5) is 16.0. The Bertz CT molecular complexity index is 1540. The summed E-state index contributed by atoms with van der Waals surface area (Å²) in [7, 11) is -1.30. The summed E-state index contributed by atoms with van der Waals surface area (Å²) in [6, 6.07) is 13.1. The van der Waals surface area contributed by atoms with E-state index >= 15 is 0 Å². The molecule has 1 aromatic carbocycles. The van der Waals surface area contributed by atoms with E-state index in [-0.39, 0.29) is 11.9 Å². The molecule has 10 nitrogen and oxygen atoms in total. The van der Waals surface area contributed by atoms with Crippen LogP contribution in [0.15, 0.2) is 48.7 Å². The van der Waals surface area contributed by atoms with Gasteiger partial charge in [0.25, 0.3) is 0 Å². The standard InChI is InChI=1S/C26H31N7O3S/c1-17-14-20(8-9-22(17)36-21-10-12-32(3)13-11-21)28-26-27-16-19-15-18(2)33(25(19)30-26)24-7-5-6-23(29-24)31-37(4,34)35/h5-9,14-16,21H,10-13H2,1-4H3,(H,29,31)(H,27,28,30). The van der Waals surface area contributed by atoms with Gasteiger partial charge in [0.2, 0.25) is 16.0 Å². The smallest absolute Gasteiger partial charge is 0.230 e. The Morgan fingerprint density at radius 2 is 1.84 bits per heavy atom. The van der Waals surface area contributed by atoms with Crippen LogP contribution in [0.2, 0.25) is 0 Å². The van der Waals surface area contributed by atoms with E-state index < -0.39 is 10.0 Å². The molecular weight excluding hydrogens is 490 g/mol. The Labute approximate surface area is 216 Å². The highest BCUT2D eigenvalue weighted by Crippen LogP contribution is 2.28. The summed E-state index contributed by atoms with van der Waals surface area (Å²) in [5.41, 5.74) is 3.47. The molecule has 194 valence electrons. The van der Waals surface area contributed by atoms with Crippen LogP contribution in [0.1, 0.15) is 24.1 Å². The van der Waals surface area contributed by atoms with Gasteiger partial charge in [-0.3, -0.25) is 9.29 Å². The molecule has 1 saturated heterocycles. The Morgan fingerprint density at radius 3 is 2.57 bits per heavy atom. The van der Waals surface area contributed by atoms with E-state index in [9.17, 15) is 8.42 Å². The van der Waals surface area contributed by atoms with E-state index in [2.05, 4.69) is 32.0 Å². The van der Waals surface area contributed by atoms with Crippen molar-refractivity contribution in [3.05, 3.63) is 59.9 Å². The van der Waals surface area contributed by atoms with Crippen LogP contribution in [0, 0.1) is 13.8 Å². The van der Waals surface area contributed by atoms with Crippen LogP contribution in [0.25, 0.3) is 16.9 Å². The van der Waals surface area contributed by atoms with Crippen LogP contribution < -0.4 is 14.8 Å². The number of hydrogen-bond acceptors (Lipinski definition) is 8. The second kappa shape index (κ2) is 9.98. The summed E-state index contributed by atoms with van der Waals surface area (Å²) >= 11 is 0. The highest BCUT2D eigenvalue weighted by molar-refractivity contribution is 7.92. The molecule has 0 radical (unpaired) electrons. The van der Waals surface area contributed by atoms with Crippen LogP contribution >= 0.6 is 0 Å². The predicted molar refractivity (Wildman–Crippen MR) is 145 cm³/mol. The summed E-state index contributed by atoms with van der Waals surface area (Å²) in [5, 5.41) is 4.15. The molecule has 4 heterocycles. The molecule has 5 rings (SSSR count). The Balaban J connectivity index is 1.38. The maximum Gasteiger partial charge on any atom is 0.230 e. The average molecular weight is 522 g/mol. The number of benzene rings is 1. The highest BCUT2D eigenvalue weighted by Gasteiger charge is 2.19. The molecular formula is C26H31N7O3S. The second-order valence-electron chi connectivity index (χ2n) is 9.57. The maximum absolute atomic E-state index is 11.7. The lowest BCUT2D eigenvalue weighted by atomic mass is 10.1. The molecule has 0 atom stereocenters. The van der Waals surface area contributed by atoms with Crippen molar-refractivity contribution in [3.63, 3.8) is 0 Å². The van der Waals surface area contributed by atoms with Crippen molar-refractivity contribution in [2.45, 2.75) is 32.8 Å². The molecule has 11 heteroatoms. The second-order valence-corrected chi connectivity index (χ2v) is 11.3. The Kier molecular flexibility index (Phi) is 6.74. The zero-order valence-corrected chi connectivity index (χ0v) is 22.2. The monoisotopic (exact) mass is 521 g/mol. The minimum Gasteiger partial charge on any atom is -0.490 e. The first-order chi connectivity index (χ1) is 17.6. The fourth-order valence-electron chi connectivity index (χ4n) is 4.53. The number of aryl methyl sites for hydroxylation is 2. The minimum atomic E-state index is -3.44. The van der Waals surface area contributed by atoms with Crippen molar-refractivity contribution in [2.75, 3.05) is 36.4 Å². The number of anilines is 3. The molecule has 1 fully saturated rings. The van der Waals surface area contributed by atoms with Gasteiger partial charge in [0, 0.05) is 36.1 Å². The molecule has 37 heavy (non-hydrogen) atoms.